The summed E-state index contributed by atoms with van der Waals surface area (Å²) >= 11 is 0. The second-order valence-electron chi connectivity index (χ2n) is 6.01. The molecule has 0 unspecified atom stereocenters. The number of nitrogens with one attached hydrogen (secondary N) is 1. The Morgan fingerprint density at radius 3 is 2.64 bits per heavy atom. The molecule has 0 aromatic carbocycles. The molecule has 0 aliphatic heterocycles. The Labute approximate surface area is 158 Å². The Bertz CT molecular complexity index is 964. The number of pyridine rings is 1. The van der Waals surface area contributed by atoms with Crippen LogP contribution < -0.4 is 15.8 Å². The third kappa shape index (κ3) is 4.48. The minimum atomic E-state index is -2.87. The van der Waals surface area contributed by atoms with Gasteiger partial charge in [0.15, 0.2) is 5.82 Å². The molecular formula is C17H18F3N7O. The topological polar surface area (TPSA) is 104 Å². The van der Waals surface area contributed by atoms with E-state index in [4.69, 9.17) is 10.5 Å². The number of hydrogen-bond acceptors (Lipinski definition) is 7. The van der Waals surface area contributed by atoms with Crippen LogP contribution >= 0.6 is 0 Å². The summed E-state index contributed by atoms with van der Waals surface area (Å²) < 4.78 is 45.9. The normalized spacial score (nSPS) is 12.2. The van der Waals surface area contributed by atoms with Crippen molar-refractivity contribution in [2.75, 3.05) is 17.7 Å². The highest BCUT2D eigenvalue weighted by Gasteiger charge is 2.16. The maximum absolute atomic E-state index is 12.9. The summed E-state index contributed by atoms with van der Waals surface area (Å²) in [7, 11) is 1.76. The van der Waals surface area contributed by atoms with E-state index in [1.807, 2.05) is 0 Å². The van der Waals surface area contributed by atoms with Crippen molar-refractivity contribution in [2.45, 2.75) is 19.5 Å². The van der Waals surface area contributed by atoms with Crippen LogP contribution in [0.15, 0.2) is 30.7 Å². The first-order chi connectivity index (χ1) is 13.4. The molecule has 3 N–H and O–H groups in total. The second-order valence-corrected chi connectivity index (χ2v) is 6.01. The van der Waals surface area contributed by atoms with Crippen molar-refractivity contribution in [1.82, 2.24) is 24.7 Å². The lowest BCUT2D eigenvalue weighted by molar-refractivity contribution is 0.140. The first-order valence-electron chi connectivity index (χ1n) is 8.27. The van der Waals surface area contributed by atoms with Gasteiger partial charge in [-0.2, -0.15) is 5.10 Å². The minimum absolute atomic E-state index is 0.0499. The van der Waals surface area contributed by atoms with Crippen molar-refractivity contribution in [2.24, 2.45) is 7.05 Å². The van der Waals surface area contributed by atoms with Gasteiger partial charge in [0.2, 0.25) is 0 Å². The van der Waals surface area contributed by atoms with E-state index in [9.17, 15) is 13.2 Å². The smallest absolute Gasteiger partial charge is 0.297 e. The quantitative estimate of drug-likeness (QED) is 0.635. The number of anilines is 3. The summed E-state index contributed by atoms with van der Waals surface area (Å²) in [5.41, 5.74) is 6.88. The van der Waals surface area contributed by atoms with Crippen LogP contribution in [0.25, 0.3) is 11.1 Å². The van der Waals surface area contributed by atoms with Crippen molar-refractivity contribution in [3.05, 3.63) is 36.5 Å². The lowest BCUT2D eigenvalue weighted by Crippen LogP contribution is -2.14. The summed E-state index contributed by atoms with van der Waals surface area (Å²) in [6.45, 7) is 0.901. The maximum Gasteiger partial charge on any atom is 0.297 e. The highest BCUT2D eigenvalue weighted by Crippen LogP contribution is 2.32. The van der Waals surface area contributed by atoms with Crippen molar-refractivity contribution in [3.63, 3.8) is 0 Å². The van der Waals surface area contributed by atoms with Crippen LogP contribution in [0.5, 0.6) is 5.75 Å². The first kappa shape index (κ1) is 19.4. The van der Waals surface area contributed by atoms with Gasteiger partial charge in [0.25, 0.3) is 6.43 Å². The van der Waals surface area contributed by atoms with Crippen LogP contribution in [0.1, 0.15) is 19.2 Å². The van der Waals surface area contributed by atoms with E-state index in [1.165, 1.54) is 18.3 Å². The van der Waals surface area contributed by atoms with Crippen LogP contribution in [-0.4, -0.2) is 37.5 Å². The Hall–Kier alpha value is -3.37. The molecule has 28 heavy (non-hydrogen) atoms. The van der Waals surface area contributed by atoms with Crippen LogP contribution in [0.2, 0.25) is 0 Å². The molecule has 0 spiro atoms. The van der Waals surface area contributed by atoms with Crippen LogP contribution in [0.3, 0.4) is 0 Å². The van der Waals surface area contributed by atoms with Crippen molar-refractivity contribution in [3.8, 4) is 16.9 Å². The Morgan fingerprint density at radius 1 is 1.21 bits per heavy atom. The highest BCUT2D eigenvalue weighted by molar-refractivity contribution is 5.71. The number of aromatic nitrogens is 5. The van der Waals surface area contributed by atoms with E-state index in [1.54, 1.807) is 31.0 Å². The molecule has 148 valence electrons. The predicted molar refractivity (Wildman–Crippen MR) is 97.2 cm³/mol. The van der Waals surface area contributed by atoms with Crippen molar-refractivity contribution < 1.29 is 17.9 Å². The van der Waals surface area contributed by atoms with Gasteiger partial charge in [0.05, 0.1) is 6.20 Å². The zero-order valence-electron chi connectivity index (χ0n) is 15.1. The fraction of sp³-hybridized carbons (Fsp3) is 0.294. The molecule has 0 amide bonds. The zero-order valence-corrected chi connectivity index (χ0v) is 15.1. The summed E-state index contributed by atoms with van der Waals surface area (Å²) in [6, 6.07) is 2.82. The third-order valence-electron chi connectivity index (χ3n) is 3.64. The molecule has 0 saturated heterocycles. The number of nitrogens with zero attached hydrogens (tertiary/aromatic N) is 5. The van der Waals surface area contributed by atoms with E-state index in [0.29, 0.717) is 11.3 Å². The van der Waals surface area contributed by atoms with E-state index in [-0.39, 0.29) is 17.5 Å². The number of rotatable bonds is 7. The molecule has 0 aliphatic carbocycles. The number of nitrogen functional groups attached to an aromatic ring is 1. The van der Waals surface area contributed by atoms with Gasteiger partial charge in [-0.3, -0.25) is 4.68 Å². The molecule has 0 aliphatic rings. The number of hydrogen-bond donors (Lipinski definition) is 2. The van der Waals surface area contributed by atoms with Crippen molar-refractivity contribution >= 4 is 17.5 Å². The van der Waals surface area contributed by atoms with E-state index in [2.05, 4.69) is 25.4 Å². The molecule has 0 fully saturated rings. The molecule has 1 atom stereocenters. The second kappa shape index (κ2) is 8.11. The Balaban J connectivity index is 1.95. The van der Waals surface area contributed by atoms with Gasteiger partial charge in [-0.05, 0) is 6.92 Å². The molecule has 3 aromatic rings. The number of nitrogens with two attached hydrogens (primary N) is 1. The standard InChI is InChI=1S/C17H18F3N7O/c1-9(5-18)28-12-3-14(22-7-11(12)10-6-23-27(2)8-10)25-15-4-13(21)24-17(26-15)16(19)20/h3-4,6-9,16H,5H2,1-2H3,(H3,21,22,24,25,26)/t9-/m1/s1. The van der Waals surface area contributed by atoms with E-state index >= 15 is 0 Å². The largest absolute Gasteiger partial charge is 0.487 e. The van der Waals surface area contributed by atoms with Gasteiger partial charge < -0.3 is 15.8 Å². The summed E-state index contributed by atoms with van der Waals surface area (Å²) in [5, 5.41) is 6.89. The predicted octanol–water partition coefficient (Wildman–Crippen LogP) is 3.27. The van der Waals surface area contributed by atoms with Gasteiger partial charge in [-0.25, -0.2) is 28.1 Å². The van der Waals surface area contributed by atoms with Gasteiger partial charge >= 0.3 is 0 Å². The molecule has 3 aromatic heterocycles. The highest BCUT2D eigenvalue weighted by atomic mass is 19.3. The Morgan fingerprint density at radius 2 is 2.00 bits per heavy atom. The van der Waals surface area contributed by atoms with E-state index in [0.717, 1.165) is 5.56 Å². The number of ether oxygens (including phenoxy) is 1. The van der Waals surface area contributed by atoms with Gasteiger partial charge in [0, 0.05) is 42.7 Å². The number of halogens is 3. The van der Waals surface area contributed by atoms with Crippen LogP contribution in [0, 0.1) is 0 Å². The molecular weight excluding hydrogens is 375 g/mol. The molecule has 8 nitrogen and oxygen atoms in total. The van der Waals surface area contributed by atoms with Crippen molar-refractivity contribution in [1.29, 1.82) is 0 Å². The lowest BCUT2D eigenvalue weighted by atomic mass is 10.1. The SMILES string of the molecule is C[C@H](CF)Oc1cc(Nc2cc(N)nc(C(F)F)n2)ncc1-c1cnn(C)c1. The zero-order chi connectivity index (χ0) is 20.3. The van der Waals surface area contributed by atoms with Gasteiger partial charge in [0.1, 0.15) is 36.0 Å². The molecule has 0 radical (unpaired) electrons. The number of aryl methyl sites for hydroxylation is 1. The average Bonchev–Trinajstić information content (AvgIpc) is 3.07. The maximum atomic E-state index is 12.9. The summed E-state index contributed by atoms with van der Waals surface area (Å²) in [4.78, 5) is 11.4. The van der Waals surface area contributed by atoms with Crippen LogP contribution in [-0.2, 0) is 7.05 Å². The van der Waals surface area contributed by atoms with Gasteiger partial charge in [-0.15, -0.1) is 0 Å². The molecule has 11 heteroatoms. The molecule has 3 rings (SSSR count). The molecule has 0 saturated carbocycles. The fourth-order valence-electron chi connectivity index (χ4n) is 2.41. The fourth-order valence-corrected chi connectivity index (χ4v) is 2.41. The minimum Gasteiger partial charge on any atom is -0.487 e. The molecule has 0 bridgehead atoms. The van der Waals surface area contributed by atoms with Crippen LogP contribution in [0.4, 0.5) is 30.6 Å². The number of alkyl halides is 3. The lowest BCUT2D eigenvalue weighted by Gasteiger charge is -2.16. The Kier molecular flexibility index (Phi) is 5.62. The van der Waals surface area contributed by atoms with E-state index < -0.39 is 25.0 Å². The first-order valence-corrected chi connectivity index (χ1v) is 8.27. The third-order valence-corrected chi connectivity index (χ3v) is 3.64. The molecule has 3 heterocycles. The summed E-state index contributed by atoms with van der Waals surface area (Å²) in [6.07, 6.45) is 1.34. The monoisotopic (exact) mass is 393 g/mol. The average molecular weight is 393 g/mol. The summed E-state index contributed by atoms with van der Waals surface area (Å²) in [5.74, 6) is -0.146. The van der Waals surface area contributed by atoms with Gasteiger partial charge in [-0.1, -0.05) is 0 Å².